The summed E-state index contributed by atoms with van der Waals surface area (Å²) in [4.78, 5) is 21.9. The molecule has 3 N–H and O–H groups in total. The molecule has 2 rings (SSSR count). The van der Waals surface area contributed by atoms with Crippen LogP contribution in [-0.4, -0.2) is 17.4 Å². The van der Waals surface area contributed by atoms with Crippen LogP contribution in [0.2, 0.25) is 0 Å². The fourth-order valence-electron chi connectivity index (χ4n) is 1.56. The van der Waals surface area contributed by atoms with Gasteiger partial charge in [-0.15, -0.1) is 0 Å². The van der Waals surface area contributed by atoms with E-state index in [1.165, 1.54) is 18.2 Å². The number of nitro groups is 1. The number of nitrogen functional groups attached to an aromatic ring is 1. The number of amides is 1. The third-order valence-electron chi connectivity index (χ3n) is 2.73. The third kappa shape index (κ3) is 2.57. The van der Waals surface area contributed by atoms with Crippen LogP contribution in [0.15, 0.2) is 18.2 Å². The molecule has 1 fully saturated rings. The zero-order chi connectivity index (χ0) is 13.1. The standard InChI is InChI=1S/C11H13N3O4/c12-13-11(15)8-2-1-3-9(14(16)17)10(8)18-6-7-4-5-7/h1-3,7H,4-6,12H2,(H,13,15). The molecule has 1 saturated carbocycles. The first-order valence-electron chi connectivity index (χ1n) is 5.54. The molecule has 0 aliphatic heterocycles. The molecular formula is C11H13N3O4. The Morgan fingerprint density at radius 1 is 1.56 bits per heavy atom. The second-order valence-corrected chi connectivity index (χ2v) is 4.14. The van der Waals surface area contributed by atoms with Crippen molar-refractivity contribution in [3.8, 4) is 5.75 Å². The Kier molecular flexibility index (Phi) is 3.42. The van der Waals surface area contributed by atoms with Crippen LogP contribution in [0, 0.1) is 16.0 Å². The average molecular weight is 251 g/mol. The molecule has 0 radical (unpaired) electrons. The van der Waals surface area contributed by atoms with Crippen LogP contribution in [0.4, 0.5) is 5.69 Å². The third-order valence-corrected chi connectivity index (χ3v) is 2.73. The Morgan fingerprint density at radius 2 is 2.28 bits per heavy atom. The van der Waals surface area contributed by atoms with Gasteiger partial charge in [0, 0.05) is 6.07 Å². The van der Waals surface area contributed by atoms with Gasteiger partial charge in [0.1, 0.15) is 0 Å². The summed E-state index contributed by atoms with van der Waals surface area (Å²) in [5, 5.41) is 10.9. The predicted octanol–water partition coefficient (Wildman–Crippen LogP) is 0.987. The number of nitrogens with zero attached hydrogens (tertiary/aromatic N) is 1. The van der Waals surface area contributed by atoms with E-state index in [0.29, 0.717) is 12.5 Å². The molecule has 1 aliphatic carbocycles. The maximum absolute atomic E-state index is 11.5. The number of rotatable bonds is 5. The van der Waals surface area contributed by atoms with Crippen LogP contribution in [-0.2, 0) is 0 Å². The molecule has 0 aromatic heterocycles. The first-order chi connectivity index (χ1) is 8.63. The van der Waals surface area contributed by atoms with E-state index in [1.807, 2.05) is 5.43 Å². The fraction of sp³-hybridized carbons (Fsp3) is 0.364. The van der Waals surface area contributed by atoms with Crippen molar-refractivity contribution in [1.82, 2.24) is 5.43 Å². The molecule has 1 aromatic carbocycles. The minimum atomic E-state index is -0.607. The molecule has 0 unspecified atom stereocenters. The number of hydrogen-bond acceptors (Lipinski definition) is 5. The summed E-state index contributed by atoms with van der Waals surface area (Å²) < 4.78 is 5.42. The molecule has 1 aromatic rings. The topological polar surface area (TPSA) is 107 Å². The maximum Gasteiger partial charge on any atom is 0.311 e. The molecule has 0 heterocycles. The smallest absolute Gasteiger partial charge is 0.311 e. The number of benzene rings is 1. The Bertz CT molecular complexity index is 485. The zero-order valence-electron chi connectivity index (χ0n) is 9.59. The molecule has 0 spiro atoms. The minimum Gasteiger partial charge on any atom is -0.486 e. The molecule has 0 saturated heterocycles. The molecular weight excluding hydrogens is 238 g/mol. The van der Waals surface area contributed by atoms with Crippen LogP contribution in [0.1, 0.15) is 23.2 Å². The van der Waals surface area contributed by atoms with Gasteiger partial charge in [-0.25, -0.2) is 5.84 Å². The number of nitro benzene ring substituents is 1. The van der Waals surface area contributed by atoms with Gasteiger partial charge in [-0.2, -0.15) is 0 Å². The Morgan fingerprint density at radius 3 is 2.83 bits per heavy atom. The molecule has 1 amide bonds. The number of nitrogens with two attached hydrogens (primary N) is 1. The highest BCUT2D eigenvalue weighted by atomic mass is 16.6. The maximum atomic E-state index is 11.5. The van der Waals surface area contributed by atoms with Crippen LogP contribution < -0.4 is 16.0 Å². The largest absolute Gasteiger partial charge is 0.486 e. The lowest BCUT2D eigenvalue weighted by Gasteiger charge is -2.10. The fourth-order valence-corrected chi connectivity index (χ4v) is 1.56. The van der Waals surface area contributed by atoms with Crippen LogP contribution >= 0.6 is 0 Å². The number of carbonyl (C=O) groups excluding carboxylic acids is 1. The van der Waals surface area contributed by atoms with Gasteiger partial charge in [-0.1, -0.05) is 6.07 Å². The van der Waals surface area contributed by atoms with Crippen molar-refractivity contribution in [2.45, 2.75) is 12.8 Å². The summed E-state index contributed by atoms with van der Waals surface area (Å²) in [5.41, 5.74) is 1.80. The molecule has 0 atom stereocenters. The lowest BCUT2D eigenvalue weighted by molar-refractivity contribution is -0.385. The van der Waals surface area contributed by atoms with Crippen LogP contribution in [0.25, 0.3) is 0 Å². The first-order valence-corrected chi connectivity index (χ1v) is 5.54. The predicted molar refractivity (Wildman–Crippen MR) is 63.0 cm³/mol. The first kappa shape index (κ1) is 12.3. The minimum absolute atomic E-state index is 0.0163. The highest BCUT2D eigenvalue weighted by molar-refractivity contribution is 5.97. The highest BCUT2D eigenvalue weighted by Gasteiger charge is 2.27. The summed E-state index contributed by atoms with van der Waals surface area (Å²) in [6, 6.07) is 4.17. The number of nitrogens with one attached hydrogen (secondary N) is 1. The zero-order valence-corrected chi connectivity index (χ0v) is 9.59. The van der Waals surface area contributed by atoms with Gasteiger partial charge in [0.25, 0.3) is 5.91 Å². The van der Waals surface area contributed by atoms with Crippen molar-refractivity contribution in [2.75, 3.05) is 6.61 Å². The van der Waals surface area contributed by atoms with Gasteiger partial charge in [-0.3, -0.25) is 20.3 Å². The van der Waals surface area contributed by atoms with E-state index in [1.54, 1.807) is 0 Å². The Hall–Kier alpha value is -2.15. The SMILES string of the molecule is NNC(=O)c1cccc([N+](=O)[O-])c1OCC1CC1. The Balaban J connectivity index is 2.33. The summed E-state index contributed by atoms with van der Waals surface area (Å²) in [5.74, 6) is 4.85. The van der Waals surface area contributed by atoms with Gasteiger partial charge in [0.2, 0.25) is 5.75 Å². The van der Waals surface area contributed by atoms with Gasteiger partial charge in [0.15, 0.2) is 0 Å². The normalized spacial score (nSPS) is 14.1. The lowest BCUT2D eigenvalue weighted by atomic mass is 10.1. The van der Waals surface area contributed by atoms with Crippen molar-refractivity contribution >= 4 is 11.6 Å². The van der Waals surface area contributed by atoms with E-state index < -0.39 is 10.8 Å². The number of ether oxygens (including phenoxy) is 1. The second kappa shape index (κ2) is 5.01. The van der Waals surface area contributed by atoms with E-state index in [4.69, 9.17) is 10.6 Å². The summed E-state index contributed by atoms with van der Waals surface area (Å²) in [7, 11) is 0. The van der Waals surface area contributed by atoms with Gasteiger partial charge >= 0.3 is 5.69 Å². The van der Waals surface area contributed by atoms with Crippen LogP contribution in [0.3, 0.4) is 0 Å². The molecule has 7 nitrogen and oxygen atoms in total. The van der Waals surface area contributed by atoms with Crippen molar-refractivity contribution in [2.24, 2.45) is 11.8 Å². The van der Waals surface area contributed by atoms with E-state index in [9.17, 15) is 14.9 Å². The summed E-state index contributed by atoms with van der Waals surface area (Å²) in [6.07, 6.45) is 2.11. The van der Waals surface area contributed by atoms with Gasteiger partial charge in [0.05, 0.1) is 17.1 Å². The second-order valence-electron chi connectivity index (χ2n) is 4.14. The number of para-hydroxylation sites is 1. The number of hydrogen-bond donors (Lipinski definition) is 2. The van der Waals surface area contributed by atoms with E-state index in [-0.39, 0.29) is 17.0 Å². The number of hydrazine groups is 1. The summed E-state index contributed by atoms with van der Waals surface area (Å²) in [6.45, 7) is 0.385. The van der Waals surface area contributed by atoms with Crippen molar-refractivity contribution in [1.29, 1.82) is 0 Å². The highest BCUT2D eigenvalue weighted by Crippen LogP contribution is 2.34. The average Bonchev–Trinajstić information content (AvgIpc) is 3.18. The molecule has 0 bridgehead atoms. The summed E-state index contributed by atoms with van der Waals surface area (Å²) >= 11 is 0. The Labute approximate surface area is 103 Å². The van der Waals surface area contributed by atoms with E-state index in [2.05, 4.69) is 0 Å². The quantitative estimate of drug-likeness (QED) is 0.351. The molecule has 7 heteroatoms. The van der Waals surface area contributed by atoms with Crippen molar-refractivity contribution in [3.63, 3.8) is 0 Å². The lowest BCUT2D eigenvalue weighted by Crippen LogP contribution is -2.30. The van der Waals surface area contributed by atoms with Gasteiger partial charge < -0.3 is 4.74 Å². The van der Waals surface area contributed by atoms with Gasteiger partial charge in [-0.05, 0) is 24.8 Å². The molecule has 18 heavy (non-hydrogen) atoms. The molecule has 1 aliphatic rings. The molecule has 96 valence electrons. The number of carbonyl (C=O) groups is 1. The van der Waals surface area contributed by atoms with Crippen LogP contribution in [0.5, 0.6) is 5.75 Å². The van der Waals surface area contributed by atoms with Crippen molar-refractivity contribution < 1.29 is 14.5 Å². The van der Waals surface area contributed by atoms with E-state index in [0.717, 1.165) is 12.8 Å². The monoisotopic (exact) mass is 251 g/mol. The van der Waals surface area contributed by atoms with E-state index >= 15 is 0 Å². The van der Waals surface area contributed by atoms with Crippen molar-refractivity contribution in [3.05, 3.63) is 33.9 Å².